The second kappa shape index (κ2) is 46.6. The van der Waals surface area contributed by atoms with Crippen molar-refractivity contribution in [1.29, 1.82) is 0 Å². The van der Waals surface area contributed by atoms with Crippen LogP contribution in [-0.2, 0) is 101 Å². The van der Waals surface area contributed by atoms with Crippen molar-refractivity contribution in [3.05, 3.63) is 120 Å². The van der Waals surface area contributed by atoms with Crippen LogP contribution in [0.1, 0.15) is 148 Å². The first-order valence-electron chi connectivity index (χ1n) is 43.1. The van der Waals surface area contributed by atoms with Crippen molar-refractivity contribution in [3.63, 3.8) is 0 Å². The number of thioether (sulfide) groups is 1. The highest BCUT2D eigenvalue weighted by molar-refractivity contribution is 8.00. The van der Waals surface area contributed by atoms with Crippen molar-refractivity contribution < 1.29 is 86.6 Å². The number of fused-ring (bicyclic) bond motifs is 3. The predicted molar refractivity (Wildman–Crippen MR) is 472 cm³/mol. The van der Waals surface area contributed by atoms with E-state index < -0.39 is 210 Å². The molecule has 9 rings (SSSR count). The molecule has 17 amide bonds. The normalized spacial score (nSPS) is 24.6. The van der Waals surface area contributed by atoms with Crippen LogP contribution in [0.3, 0.4) is 0 Å². The minimum atomic E-state index is -1.82. The minimum Gasteiger partial charge on any atom is -0.394 e. The summed E-state index contributed by atoms with van der Waals surface area (Å²) in [6, 6.07) is 5.09. The topological polar surface area (TPSA) is 552 Å². The molecular formula is C88H120N20O18S. The predicted octanol–water partition coefficient (Wildman–Crippen LogP) is -0.407. The molecule has 18 N–H and O–H groups in total. The monoisotopic (exact) mass is 1780 g/mol. The number of aliphatic hydroxyl groups excluding tert-OH is 1. The molecule has 5 aromatic rings. The average molecular weight is 1780 g/mol. The number of aliphatic imine (C=N–C) groups is 1. The Labute approximate surface area is 740 Å². The van der Waals surface area contributed by atoms with Crippen molar-refractivity contribution in [1.82, 2.24) is 88.1 Å². The van der Waals surface area contributed by atoms with E-state index in [1.54, 1.807) is 104 Å². The van der Waals surface area contributed by atoms with E-state index in [9.17, 15) is 77.0 Å². The van der Waals surface area contributed by atoms with Crippen LogP contribution in [0.15, 0.2) is 108 Å². The van der Waals surface area contributed by atoms with Crippen molar-refractivity contribution in [2.75, 3.05) is 58.9 Å². The van der Waals surface area contributed by atoms with Crippen molar-refractivity contribution >= 4 is 140 Å². The molecule has 127 heavy (non-hydrogen) atoms. The molecule has 3 aliphatic heterocycles. The van der Waals surface area contributed by atoms with Gasteiger partial charge in [0.15, 0.2) is 0 Å². The van der Waals surface area contributed by atoms with Gasteiger partial charge >= 0.3 is 0 Å². The highest BCUT2D eigenvalue weighted by atomic mass is 32.2. The summed E-state index contributed by atoms with van der Waals surface area (Å²) in [5.74, 6) is -15.8. The van der Waals surface area contributed by atoms with Gasteiger partial charge in [-0.05, 0) is 93.0 Å². The summed E-state index contributed by atoms with van der Waals surface area (Å²) in [6.07, 6.45) is 8.12. The number of para-hydroxylation sites is 2. The largest absolute Gasteiger partial charge is 0.394 e. The fourth-order valence-corrected chi connectivity index (χ4v) is 16.4. The van der Waals surface area contributed by atoms with Crippen LogP contribution in [0.2, 0.25) is 0 Å². The number of likely N-dealkylation sites (N-methyl/N-ethyl adjacent to an activating group) is 3. The second-order valence-corrected chi connectivity index (χ2v) is 34.2. The Morgan fingerprint density at radius 2 is 1.13 bits per heavy atom. The number of nitrogens with zero attached hydrogens (tertiary/aromatic N) is 5. The minimum absolute atomic E-state index is 0.00867. The van der Waals surface area contributed by atoms with Crippen LogP contribution in [0.5, 0.6) is 0 Å². The van der Waals surface area contributed by atoms with Gasteiger partial charge in [0, 0.05) is 112 Å². The number of hydrogen-bond donors (Lipinski definition) is 16. The molecule has 1 saturated carbocycles. The average Bonchev–Trinajstić information content (AvgIpc) is 1.62. The first kappa shape index (κ1) is 98.2. The number of aromatic amines is 2. The lowest BCUT2D eigenvalue weighted by Gasteiger charge is -2.36. The summed E-state index contributed by atoms with van der Waals surface area (Å²) in [5, 5.41) is 41.6. The number of unbranched alkanes of at least 4 members (excludes halogenated alkanes) is 2. The number of rotatable bonds is 23. The van der Waals surface area contributed by atoms with Gasteiger partial charge in [0.25, 0.3) is 0 Å². The van der Waals surface area contributed by atoms with Gasteiger partial charge in [-0.2, -0.15) is 0 Å². The Balaban J connectivity index is 1.05. The number of hydrogen-bond acceptors (Lipinski definition) is 20. The molecule has 3 aromatic carbocycles. The third kappa shape index (κ3) is 27.2. The Morgan fingerprint density at radius 3 is 1.72 bits per heavy atom. The lowest BCUT2D eigenvalue weighted by molar-refractivity contribution is -0.149. The van der Waals surface area contributed by atoms with E-state index in [4.69, 9.17) is 11.5 Å². The van der Waals surface area contributed by atoms with Gasteiger partial charge in [-0.25, -0.2) is 0 Å². The zero-order chi connectivity index (χ0) is 92.3. The molecule has 3 fully saturated rings. The standard InChI is InChI=1S/C88H120N20O18S/c1-9-11-29-68-82(121)104-88(34-35-88)87(126)103-67(77(116)94-45-72(90)111)48-127-49-74(113)97-63(38-52-22-14-13-15-23-52)83(122)105(6)51(5)75(114)100-65(42-71(89)110)85(124)108-37-21-31-69(108)81(120)99-62(41-55-24-20-36-91-55)79(118)98-60(33-32-50(3)4)76(115)95-46-73(112)96-61(39-53-43-92-58-27-18-16-25-56(53)58)78(117)102-66(47-109)80(119)101-64(40-54-44-93-59-28-19-17-26-57(54)59)84(123)107(8)70(30-12-10-2)86(125)106(68)7/h13-19,22-28,36,43-44,50-51,60-70,92-93,109H,9-12,20-21,29-35,37-42,45-49H2,1-8H3,(H2,89,110)(H2,90,111)(H,94,116)(H,95,115)(H,96,112)(H,97,113)(H,98,118)(H,99,120)(H,100,114)(H,101,119)(H,102,117)(H,103,126)(H,104,121)/t51-,60-,61-,62-,63-,64-,65-,66-,67-,68-,69-,70-/m0/s1. The maximum atomic E-state index is 15.6. The fraction of sp³-hybridized carbons (Fsp3) is 0.523. The first-order valence-corrected chi connectivity index (χ1v) is 44.3. The third-order valence-corrected chi connectivity index (χ3v) is 24.3. The molecular weight excluding hydrogens is 1660 g/mol. The van der Waals surface area contributed by atoms with Gasteiger partial charge in [0.05, 0.1) is 31.9 Å². The maximum Gasteiger partial charge on any atom is 0.246 e. The molecule has 1 aliphatic carbocycles. The summed E-state index contributed by atoms with van der Waals surface area (Å²) in [5.41, 5.74) is 12.9. The first-order chi connectivity index (χ1) is 60.6. The van der Waals surface area contributed by atoms with E-state index >= 15 is 9.59 Å². The molecule has 4 aliphatic rings. The zero-order valence-corrected chi connectivity index (χ0v) is 73.8. The molecule has 2 saturated heterocycles. The van der Waals surface area contributed by atoms with Gasteiger partial charge in [-0.1, -0.05) is 126 Å². The SMILES string of the molecule is CCCC[C@H]1C(=O)N(C)[C@@H](CCCC)C(=O)NC2(CC2)C(=O)N[C@H](C(=O)NCC(N)=O)CSCC(=O)N[C@@H](Cc2ccccc2)C(=O)N(C)[C@@H](C)C(=O)N[C@@H](CC(N)=O)C(=O)N2CCC[C@H]2C(=O)N[C@@H](CC2=CCC=N2)C(=O)N[C@@H](CCC(C)C)C(=O)NCC(=O)N[C@@H](Cc2c[nH]c3ccccc23)C(=O)N[C@@H](CO)C(=O)N[C@@H](Cc2c[nH]c3ccccc23)C(=O)N1C. The molecule has 38 nitrogen and oxygen atoms in total. The van der Waals surface area contributed by atoms with E-state index in [1.807, 2.05) is 27.7 Å². The number of H-pyrrole nitrogens is 2. The Bertz CT molecular complexity index is 4890. The number of amides is 17. The zero-order valence-electron chi connectivity index (χ0n) is 73.0. The molecule has 0 bridgehead atoms. The van der Waals surface area contributed by atoms with Gasteiger partial charge in [-0.15, -0.1) is 11.8 Å². The fourth-order valence-electron chi connectivity index (χ4n) is 15.6. The summed E-state index contributed by atoms with van der Waals surface area (Å²) >= 11 is 0.839. The Kier molecular flexibility index (Phi) is 36.1. The number of nitrogens with one attached hydrogen (secondary N) is 13. The lowest BCUT2D eigenvalue weighted by atomic mass is 10.00. The van der Waals surface area contributed by atoms with E-state index in [-0.39, 0.29) is 88.8 Å². The molecule has 5 heterocycles. The molecule has 1 spiro atoms. The van der Waals surface area contributed by atoms with Crippen LogP contribution in [0.25, 0.3) is 21.8 Å². The lowest BCUT2D eigenvalue weighted by Crippen LogP contribution is -2.61. The maximum absolute atomic E-state index is 15.6. The number of aromatic nitrogens is 2. The van der Waals surface area contributed by atoms with Crippen LogP contribution in [-0.4, -0.2) is 278 Å². The highest BCUT2D eigenvalue weighted by Crippen LogP contribution is 2.37. The van der Waals surface area contributed by atoms with Gasteiger partial charge in [0.2, 0.25) is 100 Å². The Morgan fingerprint density at radius 1 is 0.575 bits per heavy atom. The van der Waals surface area contributed by atoms with Gasteiger partial charge in [-0.3, -0.25) is 86.5 Å². The van der Waals surface area contributed by atoms with Crippen LogP contribution < -0.4 is 70.0 Å². The number of aliphatic hydroxyl groups is 1. The van der Waals surface area contributed by atoms with Gasteiger partial charge < -0.3 is 105 Å². The van der Waals surface area contributed by atoms with Crippen molar-refractivity contribution in [3.8, 4) is 0 Å². The number of primary amides is 2. The highest BCUT2D eigenvalue weighted by Gasteiger charge is 2.53. The van der Waals surface area contributed by atoms with Crippen molar-refractivity contribution in [2.24, 2.45) is 22.4 Å². The smallest absolute Gasteiger partial charge is 0.246 e. The van der Waals surface area contributed by atoms with E-state index in [1.165, 1.54) is 37.9 Å². The number of allylic oxidation sites excluding steroid dienone is 1. The number of carbonyl (C=O) groups is 17. The Hall–Kier alpha value is -12.6. The van der Waals surface area contributed by atoms with E-state index in [0.717, 1.165) is 21.6 Å². The molecule has 39 heteroatoms. The van der Waals surface area contributed by atoms with Crippen LogP contribution in [0.4, 0.5) is 0 Å². The second-order valence-electron chi connectivity index (χ2n) is 33.2. The van der Waals surface area contributed by atoms with E-state index in [0.29, 0.717) is 82.7 Å². The van der Waals surface area contributed by atoms with Gasteiger partial charge in [0.1, 0.15) is 78.0 Å². The van der Waals surface area contributed by atoms with Crippen LogP contribution in [0, 0.1) is 5.92 Å². The van der Waals surface area contributed by atoms with Crippen LogP contribution >= 0.6 is 11.8 Å². The number of carbonyl (C=O) groups excluding carboxylic acids is 17. The molecule has 0 radical (unpaired) electrons. The van der Waals surface area contributed by atoms with Crippen molar-refractivity contribution in [2.45, 2.75) is 228 Å². The summed E-state index contributed by atoms with van der Waals surface area (Å²) in [7, 11) is 4.04. The molecule has 0 unspecified atom stereocenters. The number of nitrogens with two attached hydrogens (primary N) is 2. The molecule has 2 aromatic heterocycles. The summed E-state index contributed by atoms with van der Waals surface area (Å²) in [4.78, 5) is 261. The molecule has 686 valence electrons. The number of benzene rings is 3. The summed E-state index contributed by atoms with van der Waals surface area (Å²) in [6.45, 7) is 6.25. The summed E-state index contributed by atoms with van der Waals surface area (Å²) < 4.78 is 0. The quantitative estimate of drug-likeness (QED) is 0.0395. The van der Waals surface area contributed by atoms with E-state index in [2.05, 4.69) is 73.4 Å². The molecule has 12 atom stereocenters. The third-order valence-electron chi connectivity index (χ3n) is 23.2.